The highest BCUT2D eigenvalue weighted by atomic mass is 16.5. The van der Waals surface area contributed by atoms with Crippen molar-refractivity contribution in [3.8, 4) is 11.5 Å². The number of methoxy groups -OCH3 is 2. The molecule has 4 nitrogen and oxygen atoms in total. The highest BCUT2D eigenvalue weighted by Gasteiger charge is 2.16. The molecule has 0 saturated heterocycles. The van der Waals surface area contributed by atoms with Crippen LogP contribution in [0.5, 0.6) is 11.5 Å². The van der Waals surface area contributed by atoms with Gasteiger partial charge in [0.25, 0.3) is 0 Å². The first-order valence-corrected chi connectivity index (χ1v) is 6.44. The molecule has 2 aromatic rings. The van der Waals surface area contributed by atoms with Crippen molar-refractivity contribution in [3.05, 3.63) is 59.2 Å². The van der Waals surface area contributed by atoms with E-state index < -0.39 is 0 Å². The maximum absolute atomic E-state index is 5.76. The van der Waals surface area contributed by atoms with Crippen LogP contribution in [0.1, 0.15) is 22.7 Å². The van der Waals surface area contributed by atoms with Gasteiger partial charge < -0.3 is 9.47 Å². The predicted octanol–water partition coefficient (Wildman–Crippen LogP) is 2.56. The minimum atomic E-state index is -0.111. The maximum Gasteiger partial charge on any atom is 0.122 e. The highest BCUT2D eigenvalue weighted by Crippen LogP contribution is 2.30. The topological polar surface area (TPSA) is 56.5 Å². The Hall–Kier alpha value is -2.04. The third-order valence-corrected chi connectivity index (χ3v) is 3.37. The van der Waals surface area contributed by atoms with E-state index in [2.05, 4.69) is 24.5 Å². The SMILES string of the molecule is COc1cc(OC)cc(C(NN)c2ccccc2C)c1. The molecule has 2 rings (SSSR count). The minimum Gasteiger partial charge on any atom is -0.497 e. The van der Waals surface area contributed by atoms with E-state index >= 15 is 0 Å². The van der Waals surface area contributed by atoms with Crippen LogP contribution in [-0.2, 0) is 0 Å². The lowest BCUT2D eigenvalue weighted by Gasteiger charge is -2.20. The summed E-state index contributed by atoms with van der Waals surface area (Å²) in [6.45, 7) is 2.07. The Morgan fingerprint density at radius 2 is 1.60 bits per heavy atom. The van der Waals surface area contributed by atoms with E-state index in [0.717, 1.165) is 22.6 Å². The molecule has 0 bridgehead atoms. The molecule has 4 heteroatoms. The molecule has 1 unspecified atom stereocenters. The minimum absolute atomic E-state index is 0.111. The van der Waals surface area contributed by atoms with Crippen molar-refractivity contribution in [2.24, 2.45) is 5.84 Å². The van der Waals surface area contributed by atoms with Crippen molar-refractivity contribution in [3.63, 3.8) is 0 Å². The Kier molecular flexibility index (Phi) is 4.61. The Bertz CT molecular complexity index is 562. The summed E-state index contributed by atoms with van der Waals surface area (Å²) in [5, 5.41) is 0. The summed E-state index contributed by atoms with van der Waals surface area (Å²) in [4.78, 5) is 0. The smallest absolute Gasteiger partial charge is 0.122 e. The number of ether oxygens (including phenoxy) is 2. The molecular weight excluding hydrogens is 252 g/mol. The van der Waals surface area contributed by atoms with Crippen molar-refractivity contribution in [2.75, 3.05) is 14.2 Å². The molecule has 2 aromatic carbocycles. The summed E-state index contributed by atoms with van der Waals surface area (Å²) in [7, 11) is 3.27. The van der Waals surface area contributed by atoms with Gasteiger partial charge in [-0.25, -0.2) is 5.43 Å². The summed E-state index contributed by atoms with van der Waals surface area (Å²) in [5.74, 6) is 7.24. The van der Waals surface area contributed by atoms with Crippen LogP contribution in [0.2, 0.25) is 0 Å². The van der Waals surface area contributed by atoms with E-state index in [1.165, 1.54) is 5.56 Å². The van der Waals surface area contributed by atoms with E-state index in [1.54, 1.807) is 14.2 Å². The van der Waals surface area contributed by atoms with Crippen molar-refractivity contribution < 1.29 is 9.47 Å². The fourth-order valence-corrected chi connectivity index (χ4v) is 2.27. The van der Waals surface area contributed by atoms with Crippen LogP contribution in [0.15, 0.2) is 42.5 Å². The van der Waals surface area contributed by atoms with Gasteiger partial charge in [-0.3, -0.25) is 5.84 Å². The number of hydrogen-bond donors (Lipinski definition) is 2. The molecule has 0 aromatic heterocycles. The molecule has 3 N–H and O–H groups in total. The number of benzene rings is 2. The fourth-order valence-electron chi connectivity index (χ4n) is 2.27. The lowest BCUT2D eigenvalue weighted by Crippen LogP contribution is -2.29. The van der Waals surface area contributed by atoms with E-state index in [4.69, 9.17) is 15.3 Å². The van der Waals surface area contributed by atoms with Gasteiger partial charge >= 0.3 is 0 Å². The highest BCUT2D eigenvalue weighted by molar-refractivity contribution is 5.44. The van der Waals surface area contributed by atoms with Crippen LogP contribution in [0.4, 0.5) is 0 Å². The van der Waals surface area contributed by atoms with Crippen LogP contribution in [0.3, 0.4) is 0 Å². The molecular formula is C16H20N2O2. The molecule has 106 valence electrons. The first-order chi connectivity index (χ1) is 9.69. The van der Waals surface area contributed by atoms with E-state index in [0.29, 0.717) is 0 Å². The fraction of sp³-hybridized carbons (Fsp3) is 0.250. The van der Waals surface area contributed by atoms with Gasteiger partial charge in [-0.2, -0.15) is 0 Å². The van der Waals surface area contributed by atoms with E-state index in [-0.39, 0.29) is 6.04 Å². The molecule has 0 aliphatic rings. The molecule has 0 saturated carbocycles. The third kappa shape index (κ3) is 2.92. The predicted molar refractivity (Wildman–Crippen MR) is 79.9 cm³/mol. The largest absolute Gasteiger partial charge is 0.497 e. The molecule has 0 aliphatic carbocycles. The van der Waals surface area contributed by atoms with Gasteiger partial charge in [0.2, 0.25) is 0 Å². The van der Waals surface area contributed by atoms with Gasteiger partial charge in [-0.1, -0.05) is 24.3 Å². The third-order valence-electron chi connectivity index (χ3n) is 3.37. The lowest BCUT2D eigenvalue weighted by atomic mass is 9.95. The average molecular weight is 272 g/mol. The van der Waals surface area contributed by atoms with Gasteiger partial charge in [0, 0.05) is 6.07 Å². The Balaban J connectivity index is 2.49. The Morgan fingerprint density at radius 3 is 2.10 bits per heavy atom. The summed E-state index contributed by atoms with van der Waals surface area (Å²) >= 11 is 0. The maximum atomic E-state index is 5.76. The van der Waals surface area contributed by atoms with Gasteiger partial charge in [0.15, 0.2) is 0 Å². The summed E-state index contributed by atoms with van der Waals surface area (Å²) in [6, 6.07) is 13.8. The zero-order valence-electron chi connectivity index (χ0n) is 12.0. The molecule has 0 heterocycles. The Morgan fingerprint density at radius 1 is 1.00 bits per heavy atom. The molecule has 1 atom stereocenters. The van der Waals surface area contributed by atoms with Crippen LogP contribution in [0, 0.1) is 6.92 Å². The number of rotatable bonds is 5. The molecule has 0 radical (unpaired) electrons. The second-order valence-electron chi connectivity index (χ2n) is 4.60. The zero-order valence-corrected chi connectivity index (χ0v) is 12.0. The molecule has 0 amide bonds. The first kappa shape index (κ1) is 14.4. The normalized spacial score (nSPS) is 12.0. The van der Waals surface area contributed by atoms with Crippen molar-refractivity contribution >= 4 is 0 Å². The molecule has 20 heavy (non-hydrogen) atoms. The van der Waals surface area contributed by atoms with Crippen molar-refractivity contribution in [2.45, 2.75) is 13.0 Å². The van der Waals surface area contributed by atoms with Gasteiger partial charge in [-0.05, 0) is 35.7 Å². The van der Waals surface area contributed by atoms with Crippen molar-refractivity contribution in [1.82, 2.24) is 5.43 Å². The van der Waals surface area contributed by atoms with Gasteiger partial charge in [-0.15, -0.1) is 0 Å². The molecule has 0 aliphatic heterocycles. The number of nitrogens with one attached hydrogen (secondary N) is 1. The quantitative estimate of drug-likeness (QED) is 0.649. The number of hydrogen-bond acceptors (Lipinski definition) is 4. The van der Waals surface area contributed by atoms with Crippen LogP contribution >= 0.6 is 0 Å². The summed E-state index contributed by atoms with van der Waals surface area (Å²) < 4.78 is 10.6. The lowest BCUT2D eigenvalue weighted by molar-refractivity contribution is 0.392. The number of nitrogens with two attached hydrogens (primary N) is 1. The zero-order chi connectivity index (χ0) is 14.5. The second kappa shape index (κ2) is 6.41. The standard InChI is InChI=1S/C16H20N2O2/c1-11-6-4-5-7-15(11)16(18-17)12-8-13(19-2)10-14(9-12)20-3/h4-10,16,18H,17H2,1-3H3. The van der Waals surface area contributed by atoms with Crippen LogP contribution < -0.4 is 20.7 Å². The Labute approximate surface area is 119 Å². The second-order valence-corrected chi connectivity index (χ2v) is 4.60. The van der Waals surface area contributed by atoms with E-state index in [9.17, 15) is 0 Å². The first-order valence-electron chi connectivity index (χ1n) is 6.44. The van der Waals surface area contributed by atoms with Crippen molar-refractivity contribution in [1.29, 1.82) is 0 Å². The van der Waals surface area contributed by atoms with E-state index in [1.807, 2.05) is 30.3 Å². The molecule has 0 spiro atoms. The summed E-state index contributed by atoms with van der Waals surface area (Å²) in [5.41, 5.74) is 6.17. The van der Waals surface area contributed by atoms with Crippen LogP contribution in [-0.4, -0.2) is 14.2 Å². The molecule has 0 fully saturated rings. The monoisotopic (exact) mass is 272 g/mol. The number of aryl methyl sites for hydroxylation is 1. The number of hydrazine groups is 1. The van der Waals surface area contributed by atoms with Crippen LogP contribution in [0.25, 0.3) is 0 Å². The van der Waals surface area contributed by atoms with Gasteiger partial charge in [0.05, 0.1) is 20.3 Å². The average Bonchev–Trinajstić information content (AvgIpc) is 2.49. The van der Waals surface area contributed by atoms with Gasteiger partial charge in [0.1, 0.15) is 11.5 Å². The summed E-state index contributed by atoms with van der Waals surface area (Å²) in [6.07, 6.45) is 0.